The number of halogens is 1. The summed E-state index contributed by atoms with van der Waals surface area (Å²) in [5.41, 5.74) is 1.79. The van der Waals surface area contributed by atoms with Crippen LogP contribution in [0.2, 0.25) is 0 Å². The first-order valence-electron chi connectivity index (χ1n) is 10.9. The zero-order valence-corrected chi connectivity index (χ0v) is 17.5. The lowest BCUT2D eigenvalue weighted by Gasteiger charge is -2.43. The van der Waals surface area contributed by atoms with Crippen LogP contribution < -0.4 is 5.32 Å². The average Bonchev–Trinajstić information content (AvgIpc) is 2.73. The third kappa shape index (κ3) is 3.98. The molecule has 1 aliphatic carbocycles. The Bertz CT molecular complexity index is 923. The molecule has 0 spiro atoms. The molecule has 2 aromatic rings. The quantitative estimate of drug-likeness (QED) is 0.807. The van der Waals surface area contributed by atoms with Gasteiger partial charge in [0.2, 0.25) is 11.8 Å². The zero-order valence-electron chi connectivity index (χ0n) is 17.5. The van der Waals surface area contributed by atoms with Crippen LogP contribution in [0.25, 0.3) is 11.1 Å². The van der Waals surface area contributed by atoms with Crippen molar-refractivity contribution in [2.24, 2.45) is 11.3 Å². The van der Waals surface area contributed by atoms with E-state index in [9.17, 15) is 14.0 Å². The predicted octanol–water partition coefficient (Wildman–Crippen LogP) is 4.19. The first-order chi connectivity index (χ1) is 14.5. The Morgan fingerprint density at radius 2 is 1.83 bits per heavy atom. The largest absolute Gasteiger partial charge is 0.359 e. The highest BCUT2D eigenvalue weighted by Crippen LogP contribution is 2.37. The molecular weight excluding hydrogens is 379 g/mol. The molecule has 1 saturated heterocycles. The maximum Gasteiger partial charge on any atom is 0.228 e. The van der Waals surface area contributed by atoms with Gasteiger partial charge >= 0.3 is 0 Å². The van der Waals surface area contributed by atoms with Gasteiger partial charge in [-0.05, 0) is 49.3 Å². The number of hydrogen-bond acceptors (Lipinski definition) is 2. The van der Waals surface area contributed by atoms with Gasteiger partial charge in [0, 0.05) is 31.6 Å². The van der Waals surface area contributed by atoms with E-state index in [1.807, 2.05) is 35.2 Å². The lowest BCUT2D eigenvalue weighted by molar-refractivity contribution is -0.146. The number of likely N-dealkylation sites (tertiary alicyclic amines) is 1. The molecule has 0 aromatic heterocycles. The highest BCUT2D eigenvalue weighted by atomic mass is 19.1. The monoisotopic (exact) mass is 408 g/mol. The molecule has 2 fully saturated rings. The van der Waals surface area contributed by atoms with Crippen LogP contribution in [0.15, 0.2) is 48.5 Å². The zero-order chi connectivity index (χ0) is 21.1. The molecule has 1 saturated carbocycles. The lowest BCUT2D eigenvalue weighted by atomic mass is 9.73. The van der Waals surface area contributed by atoms with E-state index in [1.54, 1.807) is 19.2 Å². The Kier molecular flexibility index (Phi) is 5.89. The van der Waals surface area contributed by atoms with Crippen LogP contribution in [0.5, 0.6) is 0 Å². The van der Waals surface area contributed by atoms with Crippen molar-refractivity contribution in [1.82, 2.24) is 10.2 Å². The second kappa shape index (κ2) is 8.58. The van der Waals surface area contributed by atoms with Crippen LogP contribution in [-0.2, 0) is 16.0 Å². The number of nitrogens with zero attached hydrogens (tertiary/aromatic N) is 1. The van der Waals surface area contributed by atoms with E-state index < -0.39 is 5.41 Å². The summed E-state index contributed by atoms with van der Waals surface area (Å²) in [6.45, 7) is 1.21. The van der Waals surface area contributed by atoms with Crippen molar-refractivity contribution in [2.75, 3.05) is 20.1 Å². The summed E-state index contributed by atoms with van der Waals surface area (Å²) in [7, 11) is 1.66. The number of rotatable bonds is 5. The molecule has 4 nitrogen and oxygen atoms in total. The van der Waals surface area contributed by atoms with Gasteiger partial charge in [-0.25, -0.2) is 4.39 Å². The molecule has 1 aliphatic heterocycles. The standard InChI is InChI=1S/C25H29FN2O2/c1-27-24(30)25(14-5-15-28(17-25)23(29)20-6-4-7-20)16-18-10-12-19(13-11-18)21-8-2-3-9-22(21)26/h2-3,8-13,20H,4-7,14-17H2,1H3,(H,27,30). The summed E-state index contributed by atoms with van der Waals surface area (Å²) in [4.78, 5) is 27.7. The Labute approximate surface area is 177 Å². The highest BCUT2D eigenvalue weighted by Gasteiger charge is 2.44. The van der Waals surface area contributed by atoms with Crippen LogP contribution in [-0.4, -0.2) is 36.9 Å². The van der Waals surface area contributed by atoms with E-state index in [0.29, 0.717) is 18.5 Å². The van der Waals surface area contributed by atoms with Crippen molar-refractivity contribution in [2.45, 2.75) is 38.5 Å². The topological polar surface area (TPSA) is 49.4 Å². The van der Waals surface area contributed by atoms with Gasteiger partial charge in [-0.2, -0.15) is 0 Å². The first-order valence-corrected chi connectivity index (χ1v) is 10.9. The van der Waals surface area contributed by atoms with E-state index in [2.05, 4.69) is 5.32 Å². The normalized spacial score (nSPS) is 21.7. The summed E-state index contributed by atoms with van der Waals surface area (Å²) in [6.07, 6.45) is 5.23. The second-order valence-electron chi connectivity index (χ2n) is 8.70. The Morgan fingerprint density at radius 3 is 2.47 bits per heavy atom. The molecule has 0 bridgehead atoms. The maximum absolute atomic E-state index is 14.1. The Hall–Kier alpha value is -2.69. The molecule has 1 N–H and O–H groups in total. The molecule has 158 valence electrons. The van der Waals surface area contributed by atoms with Gasteiger partial charge in [0.15, 0.2) is 0 Å². The molecule has 4 rings (SSSR count). The fourth-order valence-electron chi connectivity index (χ4n) is 4.80. The van der Waals surface area contributed by atoms with Crippen LogP contribution in [0.1, 0.15) is 37.7 Å². The highest BCUT2D eigenvalue weighted by molar-refractivity contribution is 5.85. The molecule has 2 amide bonds. The molecule has 2 aromatic carbocycles. The van der Waals surface area contributed by atoms with E-state index in [0.717, 1.165) is 49.8 Å². The fraction of sp³-hybridized carbons (Fsp3) is 0.440. The molecule has 30 heavy (non-hydrogen) atoms. The Morgan fingerprint density at radius 1 is 1.10 bits per heavy atom. The van der Waals surface area contributed by atoms with Crippen LogP contribution in [0, 0.1) is 17.2 Å². The van der Waals surface area contributed by atoms with Crippen molar-refractivity contribution >= 4 is 11.8 Å². The molecular formula is C25H29FN2O2. The van der Waals surface area contributed by atoms with Crippen molar-refractivity contribution in [3.63, 3.8) is 0 Å². The second-order valence-corrected chi connectivity index (χ2v) is 8.70. The summed E-state index contributed by atoms with van der Waals surface area (Å²) < 4.78 is 14.1. The third-order valence-corrected chi connectivity index (χ3v) is 6.73. The van der Waals surface area contributed by atoms with E-state index in [-0.39, 0.29) is 23.5 Å². The van der Waals surface area contributed by atoms with Crippen molar-refractivity contribution in [3.05, 3.63) is 59.9 Å². The van der Waals surface area contributed by atoms with Crippen molar-refractivity contribution in [3.8, 4) is 11.1 Å². The number of carbonyl (C=O) groups is 2. The minimum Gasteiger partial charge on any atom is -0.359 e. The molecule has 0 radical (unpaired) electrons. The van der Waals surface area contributed by atoms with Crippen LogP contribution in [0.4, 0.5) is 4.39 Å². The summed E-state index contributed by atoms with van der Waals surface area (Å²) in [5.74, 6) is 0.103. The number of amides is 2. The van der Waals surface area contributed by atoms with E-state index in [1.165, 1.54) is 6.07 Å². The van der Waals surface area contributed by atoms with Gasteiger partial charge in [0.1, 0.15) is 5.82 Å². The number of benzene rings is 2. The minimum absolute atomic E-state index is 0.00760. The maximum atomic E-state index is 14.1. The van der Waals surface area contributed by atoms with Gasteiger partial charge < -0.3 is 10.2 Å². The molecule has 1 heterocycles. The Balaban J connectivity index is 1.55. The number of carbonyl (C=O) groups excluding carboxylic acids is 2. The number of nitrogens with one attached hydrogen (secondary N) is 1. The smallest absolute Gasteiger partial charge is 0.228 e. The first kappa shape index (κ1) is 20.6. The molecule has 2 aliphatic rings. The number of piperidine rings is 1. The SMILES string of the molecule is CNC(=O)C1(Cc2ccc(-c3ccccc3F)cc2)CCCN(C(=O)C2CCC2)C1. The fourth-order valence-corrected chi connectivity index (χ4v) is 4.80. The minimum atomic E-state index is -0.619. The summed E-state index contributed by atoms with van der Waals surface area (Å²) in [5, 5.41) is 2.83. The van der Waals surface area contributed by atoms with Crippen molar-refractivity contribution in [1.29, 1.82) is 0 Å². The molecule has 1 unspecified atom stereocenters. The van der Waals surface area contributed by atoms with Gasteiger partial charge in [-0.1, -0.05) is 48.9 Å². The summed E-state index contributed by atoms with van der Waals surface area (Å²) >= 11 is 0. The lowest BCUT2D eigenvalue weighted by Crippen LogP contribution is -2.55. The summed E-state index contributed by atoms with van der Waals surface area (Å²) in [6, 6.07) is 14.5. The molecule has 1 atom stereocenters. The van der Waals surface area contributed by atoms with Gasteiger partial charge in [0.05, 0.1) is 5.41 Å². The van der Waals surface area contributed by atoms with Crippen molar-refractivity contribution < 1.29 is 14.0 Å². The van der Waals surface area contributed by atoms with E-state index in [4.69, 9.17) is 0 Å². The third-order valence-electron chi connectivity index (χ3n) is 6.73. The van der Waals surface area contributed by atoms with Crippen LogP contribution in [0.3, 0.4) is 0 Å². The van der Waals surface area contributed by atoms with Gasteiger partial charge in [0.25, 0.3) is 0 Å². The van der Waals surface area contributed by atoms with E-state index >= 15 is 0 Å². The number of hydrogen-bond donors (Lipinski definition) is 1. The average molecular weight is 409 g/mol. The van der Waals surface area contributed by atoms with Crippen LogP contribution >= 0.6 is 0 Å². The molecule has 5 heteroatoms. The predicted molar refractivity (Wildman–Crippen MR) is 115 cm³/mol. The van der Waals surface area contributed by atoms with Gasteiger partial charge in [-0.15, -0.1) is 0 Å². The van der Waals surface area contributed by atoms with Gasteiger partial charge in [-0.3, -0.25) is 9.59 Å².